The minimum Gasteiger partial charge on any atom is -0.451 e. The van der Waals surface area contributed by atoms with Crippen molar-refractivity contribution >= 4 is 56.7 Å². The minimum atomic E-state index is -0.355. The Bertz CT molecular complexity index is 800. The van der Waals surface area contributed by atoms with E-state index in [4.69, 9.17) is 16.0 Å². The second kappa shape index (κ2) is 6.05. The highest BCUT2D eigenvalue weighted by Crippen LogP contribution is 2.27. The summed E-state index contributed by atoms with van der Waals surface area (Å²) < 4.78 is 6.32. The lowest BCUT2D eigenvalue weighted by Gasteiger charge is -1.95. The quantitative estimate of drug-likeness (QED) is 0.567. The number of furan rings is 1. The number of rotatable bonds is 4. The van der Waals surface area contributed by atoms with Gasteiger partial charge in [0.2, 0.25) is 5.13 Å². The third-order valence-electron chi connectivity index (χ3n) is 2.60. The molecule has 0 aliphatic heterocycles. The van der Waals surface area contributed by atoms with Gasteiger partial charge in [-0.05, 0) is 30.0 Å². The van der Waals surface area contributed by atoms with Crippen molar-refractivity contribution in [3.63, 3.8) is 0 Å². The molecule has 5 nitrogen and oxygen atoms in total. The van der Waals surface area contributed by atoms with E-state index in [1.54, 1.807) is 36.0 Å². The molecule has 0 aliphatic rings. The van der Waals surface area contributed by atoms with E-state index in [0.717, 1.165) is 15.5 Å². The van der Waals surface area contributed by atoms with Crippen molar-refractivity contribution in [2.75, 3.05) is 11.1 Å². The first-order valence-corrected chi connectivity index (χ1v) is 8.30. The number of aromatic nitrogens is 2. The topological polar surface area (TPSA) is 68.0 Å². The van der Waals surface area contributed by atoms with Gasteiger partial charge in [0.05, 0.1) is 0 Å². The van der Waals surface area contributed by atoms with Gasteiger partial charge in [0, 0.05) is 10.4 Å². The zero-order valence-electron chi connectivity index (χ0n) is 10.9. The molecule has 8 heteroatoms. The van der Waals surface area contributed by atoms with E-state index in [-0.39, 0.29) is 11.7 Å². The molecule has 1 amide bonds. The largest absolute Gasteiger partial charge is 0.451 e. The van der Waals surface area contributed by atoms with Gasteiger partial charge in [0.25, 0.3) is 5.91 Å². The molecule has 0 unspecified atom stereocenters. The molecule has 0 bridgehead atoms. The zero-order chi connectivity index (χ0) is 14.8. The summed E-state index contributed by atoms with van der Waals surface area (Å²) in [6, 6.07) is 6.85. The number of amides is 1. The van der Waals surface area contributed by atoms with Crippen molar-refractivity contribution in [2.45, 2.75) is 11.3 Å². The molecule has 0 radical (unpaired) electrons. The van der Waals surface area contributed by atoms with E-state index in [1.165, 1.54) is 11.3 Å². The minimum absolute atomic E-state index is 0.215. The Kier molecular flexibility index (Phi) is 4.14. The van der Waals surface area contributed by atoms with Crippen LogP contribution in [0.5, 0.6) is 0 Å². The molecule has 0 atom stereocenters. The van der Waals surface area contributed by atoms with Crippen LogP contribution in [0.3, 0.4) is 0 Å². The Morgan fingerprint density at radius 3 is 3.10 bits per heavy atom. The Morgan fingerprint density at radius 2 is 2.29 bits per heavy atom. The maximum Gasteiger partial charge on any atom is 0.293 e. The van der Waals surface area contributed by atoms with E-state index in [2.05, 4.69) is 15.5 Å². The molecule has 3 rings (SSSR count). The number of nitrogens with zero attached hydrogens (tertiary/aromatic N) is 2. The summed E-state index contributed by atoms with van der Waals surface area (Å²) in [5, 5.41) is 12.4. The van der Waals surface area contributed by atoms with Crippen molar-refractivity contribution in [3.8, 4) is 0 Å². The number of anilines is 1. The number of hydrogen-bond donors (Lipinski definition) is 1. The monoisotopic (exact) mass is 339 g/mol. The molecule has 108 valence electrons. The molecule has 3 aromatic rings. The van der Waals surface area contributed by atoms with Gasteiger partial charge in [-0.25, -0.2) is 0 Å². The fourth-order valence-electron chi connectivity index (χ4n) is 1.73. The van der Waals surface area contributed by atoms with Gasteiger partial charge >= 0.3 is 0 Å². The Hall–Kier alpha value is -1.57. The standard InChI is InChI=1S/C13H10ClN3O2S2/c1-2-20-13-17-16-12(21-13)15-11(18)10-6-7-5-8(14)3-4-9(7)19-10/h3-6H,2H2,1H3,(H,15,16,18). The Balaban J connectivity index is 1.79. The first-order valence-electron chi connectivity index (χ1n) is 6.12. The summed E-state index contributed by atoms with van der Waals surface area (Å²) in [6.45, 7) is 2.03. The predicted molar refractivity (Wildman–Crippen MR) is 85.5 cm³/mol. The van der Waals surface area contributed by atoms with Crippen LogP contribution in [0.4, 0.5) is 5.13 Å². The zero-order valence-corrected chi connectivity index (χ0v) is 13.3. The average Bonchev–Trinajstić information content (AvgIpc) is 3.05. The number of carbonyl (C=O) groups is 1. The lowest BCUT2D eigenvalue weighted by atomic mass is 10.2. The molecule has 21 heavy (non-hydrogen) atoms. The van der Waals surface area contributed by atoms with Crippen LogP contribution in [0.25, 0.3) is 11.0 Å². The summed E-state index contributed by atoms with van der Waals surface area (Å²) in [6.07, 6.45) is 0. The van der Waals surface area contributed by atoms with E-state index in [1.807, 2.05) is 6.92 Å². The number of nitrogens with one attached hydrogen (secondary N) is 1. The SMILES string of the molecule is CCSc1nnc(NC(=O)c2cc3cc(Cl)ccc3o2)s1. The molecule has 0 saturated heterocycles. The number of benzene rings is 1. The Morgan fingerprint density at radius 1 is 1.43 bits per heavy atom. The van der Waals surface area contributed by atoms with E-state index in [9.17, 15) is 4.79 Å². The van der Waals surface area contributed by atoms with Crippen molar-refractivity contribution in [3.05, 3.63) is 35.0 Å². The van der Waals surface area contributed by atoms with Crippen LogP contribution >= 0.6 is 34.7 Å². The second-order valence-corrected chi connectivity index (χ2v) is 6.98. The van der Waals surface area contributed by atoms with Crippen molar-refractivity contribution in [2.24, 2.45) is 0 Å². The van der Waals surface area contributed by atoms with Crippen molar-refractivity contribution in [1.29, 1.82) is 0 Å². The third kappa shape index (κ3) is 3.20. The van der Waals surface area contributed by atoms with Crippen molar-refractivity contribution in [1.82, 2.24) is 10.2 Å². The molecule has 0 aliphatic carbocycles. The fourth-order valence-corrected chi connectivity index (χ4v) is 3.55. The van der Waals surface area contributed by atoms with Crippen LogP contribution in [-0.4, -0.2) is 21.9 Å². The second-order valence-electron chi connectivity index (χ2n) is 4.05. The van der Waals surface area contributed by atoms with E-state index < -0.39 is 0 Å². The van der Waals surface area contributed by atoms with Gasteiger partial charge in [-0.1, -0.05) is 41.6 Å². The first kappa shape index (κ1) is 14.4. The summed E-state index contributed by atoms with van der Waals surface area (Å²) in [5.74, 6) is 0.770. The maximum atomic E-state index is 12.1. The summed E-state index contributed by atoms with van der Waals surface area (Å²) in [4.78, 5) is 12.1. The molecular weight excluding hydrogens is 330 g/mol. The molecule has 1 aromatic carbocycles. The van der Waals surface area contributed by atoms with Crippen LogP contribution in [0.1, 0.15) is 17.5 Å². The summed E-state index contributed by atoms with van der Waals surface area (Å²) >= 11 is 8.82. The van der Waals surface area contributed by atoms with Crippen LogP contribution in [0, 0.1) is 0 Å². The highest BCUT2D eigenvalue weighted by Gasteiger charge is 2.15. The smallest absolute Gasteiger partial charge is 0.293 e. The summed E-state index contributed by atoms with van der Waals surface area (Å²) in [5.41, 5.74) is 0.615. The number of fused-ring (bicyclic) bond motifs is 1. The van der Waals surface area contributed by atoms with Gasteiger partial charge in [0.1, 0.15) is 5.58 Å². The van der Waals surface area contributed by atoms with Gasteiger partial charge < -0.3 is 4.42 Å². The lowest BCUT2D eigenvalue weighted by Crippen LogP contribution is -2.10. The summed E-state index contributed by atoms with van der Waals surface area (Å²) in [7, 11) is 0. The van der Waals surface area contributed by atoms with Crippen LogP contribution < -0.4 is 5.32 Å². The molecule has 2 heterocycles. The van der Waals surface area contributed by atoms with E-state index >= 15 is 0 Å². The average molecular weight is 340 g/mol. The molecule has 0 spiro atoms. The molecule has 2 aromatic heterocycles. The normalized spacial score (nSPS) is 11.0. The van der Waals surface area contributed by atoms with Crippen LogP contribution in [0.2, 0.25) is 5.02 Å². The number of thioether (sulfide) groups is 1. The van der Waals surface area contributed by atoms with Gasteiger partial charge in [-0.3, -0.25) is 10.1 Å². The molecule has 0 saturated carbocycles. The lowest BCUT2D eigenvalue weighted by molar-refractivity contribution is 0.0998. The van der Waals surface area contributed by atoms with Crippen LogP contribution in [0.15, 0.2) is 33.0 Å². The number of carbonyl (C=O) groups excluding carboxylic acids is 1. The van der Waals surface area contributed by atoms with Gasteiger partial charge in [0.15, 0.2) is 10.1 Å². The predicted octanol–water partition coefficient (Wildman–Crippen LogP) is 4.30. The van der Waals surface area contributed by atoms with Gasteiger partial charge in [-0.15, -0.1) is 10.2 Å². The maximum absolute atomic E-state index is 12.1. The molecule has 0 fully saturated rings. The fraction of sp³-hybridized carbons (Fsp3) is 0.154. The number of hydrogen-bond acceptors (Lipinski definition) is 6. The Labute approximate surface area is 133 Å². The van der Waals surface area contributed by atoms with E-state index in [0.29, 0.717) is 15.7 Å². The molecule has 1 N–H and O–H groups in total. The first-order chi connectivity index (χ1) is 10.2. The number of halogens is 1. The highest BCUT2D eigenvalue weighted by molar-refractivity contribution is 8.01. The highest BCUT2D eigenvalue weighted by atomic mass is 35.5. The third-order valence-corrected chi connectivity index (χ3v) is 4.69. The van der Waals surface area contributed by atoms with Gasteiger partial charge in [-0.2, -0.15) is 0 Å². The molecular formula is C13H10ClN3O2S2. The van der Waals surface area contributed by atoms with Crippen molar-refractivity contribution < 1.29 is 9.21 Å². The van der Waals surface area contributed by atoms with Crippen LogP contribution in [-0.2, 0) is 0 Å².